The fourth-order valence-electron chi connectivity index (χ4n) is 1.76. The molecule has 0 saturated carbocycles. The van der Waals surface area contributed by atoms with Crippen LogP contribution in [0, 0.1) is 0 Å². The summed E-state index contributed by atoms with van der Waals surface area (Å²) >= 11 is 0. The standard InChI is InChI=1S/C15H23NO3/c1-15(2,10-5-11-17)19-14(18)12-6-8-13(9-7-12)16(3)4/h6-9,17H,5,10-11H2,1-4H3. The van der Waals surface area contributed by atoms with Crippen molar-refractivity contribution in [3.05, 3.63) is 29.8 Å². The Kier molecular flexibility index (Phi) is 5.36. The van der Waals surface area contributed by atoms with E-state index in [2.05, 4.69) is 0 Å². The smallest absolute Gasteiger partial charge is 0.338 e. The molecule has 1 rings (SSSR count). The van der Waals surface area contributed by atoms with Gasteiger partial charge in [-0.2, -0.15) is 0 Å². The lowest BCUT2D eigenvalue weighted by molar-refractivity contribution is -0.00694. The topological polar surface area (TPSA) is 49.8 Å². The highest BCUT2D eigenvalue weighted by Gasteiger charge is 2.23. The maximum absolute atomic E-state index is 12.0. The van der Waals surface area contributed by atoms with Crippen LogP contribution >= 0.6 is 0 Å². The first-order valence-electron chi connectivity index (χ1n) is 6.47. The summed E-state index contributed by atoms with van der Waals surface area (Å²) < 4.78 is 5.46. The average molecular weight is 265 g/mol. The zero-order chi connectivity index (χ0) is 14.5. The monoisotopic (exact) mass is 265 g/mol. The summed E-state index contributed by atoms with van der Waals surface area (Å²) in [4.78, 5) is 14.0. The van der Waals surface area contributed by atoms with E-state index < -0.39 is 5.60 Å². The molecule has 0 bridgehead atoms. The number of rotatable bonds is 6. The van der Waals surface area contributed by atoms with Crippen LogP contribution in [-0.2, 0) is 4.74 Å². The minimum absolute atomic E-state index is 0.110. The Hall–Kier alpha value is -1.55. The van der Waals surface area contributed by atoms with Crippen molar-refractivity contribution in [2.24, 2.45) is 0 Å². The predicted molar refractivity (Wildman–Crippen MR) is 76.6 cm³/mol. The fourth-order valence-corrected chi connectivity index (χ4v) is 1.76. The third kappa shape index (κ3) is 4.91. The van der Waals surface area contributed by atoms with Crippen LogP contribution in [0.4, 0.5) is 5.69 Å². The summed E-state index contributed by atoms with van der Waals surface area (Å²) in [5.41, 5.74) is 1.03. The Morgan fingerprint density at radius 3 is 2.32 bits per heavy atom. The largest absolute Gasteiger partial charge is 0.456 e. The first-order valence-corrected chi connectivity index (χ1v) is 6.47. The Morgan fingerprint density at radius 2 is 1.84 bits per heavy atom. The highest BCUT2D eigenvalue weighted by Crippen LogP contribution is 2.20. The molecule has 0 saturated heterocycles. The Labute approximate surface area is 115 Å². The van der Waals surface area contributed by atoms with E-state index in [0.717, 1.165) is 5.69 Å². The number of ether oxygens (including phenoxy) is 1. The second-order valence-electron chi connectivity index (χ2n) is 5.42. The van der Waals surface area contributed by atoms with Crippen molar-refractivity contribution in [1.29, 1.82) is 0 Å². The zero-order valence-corrected chi connectivity index (χ0v) is 12.1. The van der Waals surface area contributed by atoms with Crippen molar-refractivity contribution in [1.82, 2.24) is 0 Å². The van der Waals surface area contributed by atoms with Gasteiger partial charge in [0.15, 0.2) is 0 Å². The van der Waals surface area contributed by atoms with E-state index in [1.807, 2.05) is 45.0 Å². The van der Waals surface area contributed by atoms with Crippen LogP contribution in [0.5, 0.6) is 0 Å². The van der Waals surface area contributed by atoms with Gasteiger partial charge < -0.3 is 14.7 Å². The van der Waals surface area contributed by atoms with E-state index in [9.17, 15) is 4.79 Å². The number of hydrogen-bond donors (Lipinski definition) is 1. The number of carbonyl (C=O) groups is 1. The molecule has 1 aromatic rings. The molecule has 0 spiro atoms. The second-order valence-corrected chi connectivity index (χ2v) is 5.42. The van der Waals surface area contributed by atoms with Crippen LogP contribution in [0.25, 0.3) is 0 Å². The molecule has 19 heavy (non-hydrogen) atoms. The lowest BCUT2D eigenvalue weighted by Crippen LogP contribution is -2.28. The molecular weight excluding hydrogens is 242 g/mol. The molecule has 106 valence electrons. The molecule has 1 N–H and O–H groups in total. The van der Waals surface area contributed by atoms with Crippen molar-refractivity contribution in [2.75, 3.05) is 25.6 Å². The summed E-state index contributed by atoms with van der Waals surface area (Å²) in [6, 6.07) is 7.30. The molecule has 1 aromatic carbocycles. The SMILES string of the molecule is CN(C)c1ccc(C(=O)OC(C)(C)CCCO)cc1. The van der Waals surface area contributed by atoms with Gasteiger partial charge in [-0.25, -0.2) is 4.79 Å². The van der Waals surface area contributed by atoms with Gasteiger partial charge >= 0.3 is 5.97 Å². The van der Waals surface area contributed by atoms with Crippen molar-refractivity contribution < 1.29 is 14.6 Å². The average Bonchev–Trinajstić information content (AvgIpc) is 2.36. The number of nitrogens with zero attached hydrogens (tertiary/aromatic N) is 1. The van der Waals surface area contributed by atoms with E-state index in [1.165, 1.54) is 0 Å². The van der Waals surface area contributed by atoms with E-state index in [4.69, 9.17) is 9.84 Å². The second kappa shape index (κ2) is 6.57. The lowest BCUT2D eigenvalue weighted by atomic mass is 10.0. The molecule has 4 nitrogen and oxygen atoms in total. The molecule has 0 aliphatic heterocycles. The quantitative estimate of drug-likeness (QED) is 0.803. The molecule has 0 fully saturated rings. The van der Waals surface area contributed by atoms with Gasteiger partial charge in [0.25, 0.3) is 0 Å². The summed E-state index contributed by atoms with van der Waals surface area (Å²) in [5, 5.41) is 8.82. The lowest BCUT2D eigenvalue weighted by Gasteiger charge is -2.25. The Bertz CT molecular complexity index is 410. The zero-order valence-electron chi connectivity index (χ0n) is 12.1. The van der Waals surface area contributed by atoms with Gasteiger partial charge in [-0.15, -0.1) is 0 Å². The Balaban J connectivity index is 2.67. The van der Waals surface area contributed by atoms with Crippen LogP contribution in [-0.4, -0.2) is 37.4 Å². The molecular formula is C15H23NO3. The molecule has 4 heteroatoms. The van der Waals surface area contributed by atoms with Gasteiger partial charge in [-0.3, -0.25) is 0 Å². The molecule has 0 aromatic heterocycles. The van der Waals surface area contributed by atoms with Crippen molar-refractivity contribution in [3.63, 3.8) is 0 Å². The maximum Gasteiger partial charge on any atom is 0.338 e. The van der Waals surface area contributed by atoms with Crippen molar-refractivity contribution in [2.45, 2.75) is 32.3 Å². The van der Waals surface area contributed by atoms with Crippen molar-refractivity contribution >= 4 is 11.7 Å². The van der Waals surface area contributed by atoms with Crippen LogP contribution in [0.1, 0.15) is 37.0 Å². The van der Waals surface area contributed by atoms with Crippen LogP contribution in [0.3, 0.4) is 0 Å². The molecule has 0 radical (unpaired) electrons. The van der Waals surface area contributed by atoms with Gasteiger partial charge in [-0.1, -0.05) is 0 Å². The highest BCUT2D eigenvalue weighted by atomic mass is 16.6. The molecule has 0 aliphatic carbocycles. The molecule has 0 unspecified atom stereocenters. The summed E-state index contributed by atoms with van der Waals surface area (Å²) in [6.45, 7) is 3.82. The van der Waals surface area contributed by atoms with E-state index in [1.54, 1.807) is 12.1 Å². The predicted octanol–water partition coefficient (Wildman–Crippen LogP) is 2.46. The number of benzene rings is 1. The molecule has 0 heterocycles. The minimum atomic E-state index is -0.556. The third-order valence-electron chi connectivity index (χ3n) is 2.93. The fraction of sp³-hybridized carbons (Fsp3) is 0.533. The first kappa shape index (κ1) is 15.5. The number of aliphatic hydroxyl groups is 1. The van der Waals surface area contributed by atoms with Gasteiger partial charge in [0.2, 0.25) is 0 Å². The van der Waals surface area contributed by atoms with Gasteiger partial charge in [0, 0.05) is 26.4 Å². The van der Waals surface area contributed by atoms with Crippen molar-refractivity contribution in [3.8, 4) is 0 Å². The summed E-state index contributed by atoms with van der Waals surface area (Å²) in [7, 11) is 3.90. The number of hydrogen-bond acceptors (Lipinski definition) is 4. The summed E-state index contributed by atoms with van der Waals surface area (Å²) in [5.74, 6) is -0.326. The van der Waals surface area contributed by atoms with Crippen LogP contribution in [0.2, 0.25) is 0 Å². The Morgan fingerprint density at radius 1 is 1.26 bits per heavy atom. The van der Waals surface area contributed by atoms with E-state index in [0.29, 0.717) is 18.4 Å². The van der Waals surface area contributed by atoms with Gasteiger partial charge in [0.05, 0.1) is 5.56 Å². The van der Waals surface area contributed by atoms with Gasteiger partial charge in [0.1, 0.15) is 5.60 Å². The van der Waals surface area contributed by atoms with E-state index >= 15 is 0 Å². The van der Waals surface area contributed by atoms with E-state index in [-0.39, 0.29) is 12.6 Å². The molecule has 0 amide bonds. The third-order valence-corrected chi connectivity index (χ3v) is 2.93. The van der Waals surface area contributed by atoms with Crippen LogP contribution < -0.4 is 4.90 Å². The minimum Gasteiger partial charge on any atom is -0.456 e. The van der Waals surface area contributed by atoms with Gasteiger partial charge in [-0.05, 0) is 51.0 Å². The normalized spacial score (nSPS) is 11.2. The number of aliphatic hydroxyl groups excluding tert-OH is 1. The number of carbonyl (C=O) groups excluding carboxylic acids is 1. The number of esters is 1. The van der Waals surface area contributed by atoms with Crippen LogP contribution in [0.15, 0.2) is 24.3 Å². The molecule has 0 atom stereocenters. The maximum atomic E-state index is 12.0. The number of anilines is 1. The highest BCUT2D eigenvalue weighted by molar-refractivity contribution is 5.90. The summed E-state index contributed by atoms with van der Waals surface area (Å²) in [6.07, 6.45) is 1.27. The first-order chi connectivity index (χ1) is 8.85. The molecule has 0 aliphatic rings.